The number of alkyl halides is 1. The molecular formula is C13H12ClN. The van der Waals surface area contributed by atoms with Gasteiger partial charge in [0.2, 0.25) is 0 Å². The summed E-state index contributed by atoms with van der Waals surface area (Å²) < 4.78 is 0. The maximum absolute atomic E-state index is 6.34. The van der Waals surface area contributed by atoms with Gasteiger partial charge in [0.05, 0.1) is 5.38 Å². The van der Waals surface area contributed by atoms with Gasteiger partial charge in [0, 0.05) is 12.4 Å². The van der Waals surface area contributed by atoms with Gasteiger partial charge in [-0.2, -0.15) is 0 Å². The molecule has 0 aliphatic rings. The van der Waals surface area contributed by atoms with Crippen LogP contribution in [0.1, 0.15) is 22.1 Å². The fourth-order valence-corrected chi connectivity index (χ4v) is 1.73. The molecule has 15 heavy (non-hydrogen) atoms. The molecule has 1 aromatic heterocycles. The van der Waals surface area contributed by atoms with Crippen LogP contribution in [0.15, 0.2) is 48.8 Å². The smallest absolute Gasteiger partial charge is 0.0850 e. The van der Waals surface area contributed by atoms with E-state index >= 15 is 0 Å². The lowest BCUT2D eigenvalue weighted by Crippen LogP contribution is -1.93. The SMILES string of the molecule is Cc1ccc(C(Cl)c2cccnc2)cc1. The lowest BCUT2D eigenvalue weighted by atomic mass is 10.0. The van der Waals surface area contributed by atoms with Crippen LogP contribution in [0.4, 0.5) is 0 Å². The van der Waals surface area contributed by atoms with Crippen LogP contribution in [0.2, 0.25) is 0 Å². The van der Waals surface area contributed by atoms with Gasteiger partial charge in [0.1, 0.15) is 0 Å². The van der Waals surface area contributed by atoms with Gasteiger partial charge >= 0.3 is 0 Å². The number of nitrogens with zero attached hydrogens (tertiary/aromatic N) is 1. The van der Waals surface area contributed by atoms with Crippen molar-refractivity contribution < 1.29 is 0 Å². The Bertz CT molecular complexity index is 422. The molecule has 0 amide bonds. The molecule has 1 atom stereocenters. The van der Waals surface area contributed by atoms with E-state index in [1.165, 1.54) is 5.56 Å². The van der Waals surface area contributed by atoms with Crippen molar-refractivity contribution in [2.75, 3.05) is 0 Å². The first kappa shape index (κ1) is 10.2. The Kier molecular flexibility index (Phi) is 3.02. The Morgan fingerprint density at radius 3 is 2.40 bits per heavy atom. The third kappa shape index (κ3) is 2.37. The molecule has 2 aromatic rings. The molecule has 2 heteroatoms. The van der Waals surface area contributed by atoms with Crippen molar-refractivity contribution >= 4 is 11.6 Å². The number of hydrogen-bond acceptors (Lipinski definition) is 1. The Morgan fingerprint density at radius 2 is 1.80 bits per heavy atom. The van der Waals surface area contributed by atoms with E-state index in [4.69, 9.17) is 11.6 Å². The van der Waals surface area contributed by atoms with Crippen LogP contribution in [0, 0.1) is 6.92 Å². The van der Waals surface area contributed by atoms with Crippen molar-refractivity contribution in [2.45, 2.75) is 12.3 Å². The zero-order valence-corrected chi connectivity index (χ0v) is 9.28. The quantitative estimate of drug-likeness (QED) is 0.699. The van der Waals surface area contributed by atoms with Crippen molar-refractivity contribution in [3.05, 3.63) is 65.5 Å². The predicted octanol–water partition coefficient (Wildman–Crippen LogP) is 3.72. The third-order valence-electron chi connectivity index (χ3n) is 2.35. The number of aromatic nitrogens is 1. The van der Waals surface area contributed by atoms with Crippen molar-refractivity contribution in [1.29, 1.82) is 0 Å². The average molecular weight is 218 g/mol. The van der Waals surface area contributed by atoms with Crippen LogP contribution in [0.3, 0.4) is 0 Å². The average Bonchev–Trinajstić information content (AvgIpc) is 2.30. The topological polar surface area (TPSA) is 12.9 Å². The van der Waals surface area contributed by atoms with Crippen molar-refractivity contribution in [3.63, 3.8) is 0 Å². The van der Waals surface area contributed by atoms with Crippen LogP contribution < -0.4 is 0 Å². The standard InChI is InChI=1S/C13H12ClN/c1-10-4-6-11(7-5-10)13(14)12-3-2-8-15-9-12/h2-9,13H,1H3. The van der Waals surface area contributed by atoms with Gasteiger partial charge in [-0.3, -0.25) is 4.98 Å². The summed E-state index contributed by atoms with van der Waals surface area (Å²) in [7, 11) is 0. The Labute approximate surface area is 94.7 Å². The second-order valence-electron chi connectivity index (χ2n) is 3.56. The van der Waals surface area contributed by atoms with Gasteiger partial charge in [0.25, 0.3) is 0 Å². The first-order chi connectivity index (χ1) is 7.27. The fourth-order valence-electron chi connectivity index (χ4n) is 1.45. The van der Waals surface area contributed by atoms with Gasteiger partial charge in [-0.25, -0.2) is 0 Å². The van der Waals surface area contributed by atoms with E-state index in [1.807, 2.05) is 12.1 Å². The largest absolute Gasteiger partial charge is 0.264 e. The lowest BCUT2D eigenvalue weighted by Gasteiger charge is -2.09. The number of aryl methyl sites for hydroxylation is 1. The van der Waals surface area contributed by atoms with E-state index in [9.17, 15) is 0 Å². The molecule has 0 radical (unpaired) electrons. The zero-order valence-electron chi connectivity index (χ0n) is 8.52. The van der Waals surface area contributed by atoms with Crippen molar-refractivity contribution in [2.24, 2.45) is 0 Å². The van der Waals surface area contributed by atoms with Crippen LogP contribution in [0.25, 0.3) is 0 Å². The summed E-state index contributed by atoms with van der Waals surface area (Å²) in [6.07, 6.45) is 3.56. The molecule has 0 aliphatic carbocycles. The highest BCUT2D eigenvalue weighted by molar-refractivity contribution is 6.22. The van der Waals surface area contributed by atoms with Gasteiger partial charge in [-0.15, -0.1) is 11.6 Å². The normalized spacial score (nSPS) is 12.4. The van der Waals surface area contributed by atoms with E-state index in [2.05, 4.69) is 36.2 Å². The van der Waals surface area contributed by atoms with E-state index in [0.29, 0.717) is 0 Å². The molecule has 1 nitrogen and oxygen atoms in total. The highest BCUT2D eigenvalue weighted by atomic mass is 35.5. The summed E-state index contributed by atoms with van der Waals surface area (Å²) in [4.78, 5) is 4.06. The predicted molar refractivity (Wildman–Crippen MR) is 63.1 cm³/mol. The number of rotatable bonds is 2. The first-order valence-corrected chi connectivity index (χ1v) is 5.31. The van der Waals surface area contributed by atoms with Gasteiger partial charge in [-0.05, 0) is 24.1 Å². The molecule has 0 fully saturated rings. The summed E-state index contributed by atoms with van der Waals surface area (Å²) in [5, 5.41) is -0.112. The number of halogens is 1. The summed E-state index contributed by atoms with van der Waals surface area (Å²) in [5.74, 6) is 0. The monoisotopic (exact) mass is 217 g/mol. The Hall–Kier alpha value is -1.34. The van der Waals surface area contributed by atoms with Gasteiger partial charge in [0.15, 0.2) is 0 Å². The van der Waals surface area contributed by atoms with E-state index in [1.54, 1.807) is 12.4 Å². The summed E-state index contributed by atoms with van der Waals surface area (Å²) in [6.45, 7) is 2.07. The molecule has 1 unspecified atom stereocenters. The molecule has 0 bridgehead atoms. The van der Waals surface area contributed by atoms with Crippen LogP contribution in [0.5, 0.6) is 0 Å². The summed E-state index contributed by atoms with van der Waals surface area (Å²) >= 11 is 6.34. The Morgan fingerprint density at radius 1 is 1.07 bits per heavy atom. The number of benzene rings is 1. The van der Waals surface area contributed by atoms with Gasteiger partial charge in [-0.1, -0.05) is 35.9 Å². The third-order valence-corrected chi connectivity index (χ3v) is 2.85. The van der Waals surface area contributed by atoms with E-state index in [-0.39, 0.29) is 5.38 Å². The lowest BCUT2D eigenvalue weighted by molar-refractivity contribution is 1.10. The minimum atomic E-state index is -0.112. The molecule has 0 saturated heterocycles. The second kappa shape index (κ2) is 4.45. The maximum Gasteiger partial charge on any atom is 0.0850 e. The molecule has 0 spiro atoms. The van der Waals surface area contributed by atoms with Gasteiger partial charge < -0.3 is 0 Å². The maximum atomic E-state index is 6.34. The fraction of sp³-hybridized carbons (Fsp3) is 0.154. The highest BCUT2D eigenvalue weighted by Crippen LogP contribution is 2.27. The van der Waals surface area contributed by atoms with Crippen LogP contribution in [-0.2, 0) is 0 Å². The van der Waals surface area contributed by atoms with Crippen molar-refractivity contribution in [1.82, 2.24) is 4.98 Å². The first-order valence-electron chi connectivity index (χ1n) is 4.88. The van der Waals surface area contributed by atoms with E-state index < -0.39 is 0 Å². The zero-order chi connectivity index (χ0) is 10.7. The summed E-state index contributed by atoms with van der Waals surface area (Å²) in [6, 6.07) is 12.1. The molecule has 1 aromatic carbocycles. The molecule has 0 saturated carbocycles. The molecule has 0 N–H and O–H groups in total. The second-order valence-corrected chi connectivity index (χ2v) is 4.00. The molecule has 0 aliphatic heterocycles. The molecule has 2 rings (SSSR count). The Balaban J connectivity index is 2.29. The molecule has 1 heterocycles. The van der Waals surface area contributed by atoms with Crippen molar-refractivity contribution in [3.8, 4) is 0 Å². The van der Waals surface area contributed by atoms with E-state index in [0.717, 1.165) is 11.1 Å². The number of pyridine rings is 1. The van der Waals surface area contributed by atoms with Crippen LogP contribution in [-0.4, -0.2) is 4.98 Å². The van der Waals surface area contributed by atoms with Crippen LogP contribution >= 0.6 is 11.6 Å². The minimum absolute atomic E-state index is 0.112. The molecule has 76 valence electrons. The molecular weight excluding hydrogens is 206 g/mol. The number of hydrogen-bond donors (Lipinski definition) is 0. The summed E-state index contributed by atoms with van der Waals surface area (Å²) in [5.41, 5.74) is 3.38. The highest BCUT2D eigenvalue weighted by Gasteiger charge is 2.09. The minimum Gasteiger partial charge on any atom is -0.264 e.